The topological polar surface area (TPSA) is 60.0 Å². The van der Waals surface area contributed by atoms with Crippen molar-refractivity contribution in [3.8, 4) is 11.9 Å². The molecule has 5 heteroatoms. The van der Waals surface area contributed by atoms with Crippen molar-refractivity contribution in [3.63, 3.8) is 0 Å². The Balaban J connectivity index is 2.14. The number of hydrogen-bond acceptors (Lipinski definition) is 4. The van der Waals surface area contributed by atoms with Gasteiger partial charge in [-0.3, -0.25) is 0 Å². The normalized spacial score (nSPS) is 10.8. The maximum Gasteiger partial charge on any atom is 0.320 e. The molecule has 0 aliphatic heterocycles. The van der Waals surface area contributed by atoms with Crippen LogP contribution in [0.4, 0.5) is 0 Å². The molecule has 2 heterocycles. The zero-order valence-corrected chi connectivity index (χ0v) is 11.6. The number of unbranched alkanes of at least 4 members (excludes halogenated alkanes) is 2. The summed E-state index contributed by atoms with van der Waals surface area (Å²) in [4.78, 5) is 11.8. The summed E-state index contributed by atoms with van der Waals surface area (Å²) in [6.07, 6.45) is 6.03. The van der Waals surface area contributed by atoms with Gasteiger partial charge in [0.25, 0.3) is 0 Å². The smallest absolute Gasteiger partial charge is 0.320 e. The lowest BCUT2D eigenvalue weighted by Crippen LogP contribution is -2.04. The maximum absolute atomic E-state index is 5.70. The Kier molecular flexibility index (Phi) is 5.01. The molecule has 0 saturated heterocycles. The Labute approximate surface area is 113 Å². The molecule has 0 unspecified atom stereocenters. The van der Waals surface area contributed by atoms with Gasteiger partial charge < -0.3 is 14.5 Å². The van der Waals surface area contributed by atoms with E-state index in [4.69, 9.17) is 9.47 Å². The number of hydrogen-bond donors (Lipinski definition) is 1. The third-order valence-electron chi connectivity index (χ3n) is 2.82. The van der Waals surface area contributed by atoms with Crippen LogP contribution in [-0.2, 0) is 0 Å². The quantitative estimate of drug-likeness (QED) is 0.742. The van der Waals surface area contributed by atoms with E-state index in [9.17, 15) is 0 Å². The summed E-state index contributed by atoms with van der Waals surface area (Å²) in [6.45, 7) is 5.56. The number of fused-ring (bicyclic) bond motifs is 1. The molecule has 104 valence electrons. The predicted molar refractivity (Wildman–Crippen MR) is 74.7 cm³/mol. The number of aromatic amines is 1. The lowest BCUT2D eigenvalue weighted by Gasteiger charge is -2.08. The third kappa shape index (κ3) is 3.59. The summed E-state index contributed by atoms with van der Waals surface area (Å²) >= 11 is 0. The van der Waals surface area contributed by atoms with Gasteiger partial charge in [-0.05, 0) is 18.9 Å². The van der Waals surface area contributed by atoms with Crippen molar-refractivity contribution in [2.45, 2.75) is 39.5 Å². The van der Waals surface area contributed by atoms with Crippen LogP contribution < -0.4 is 9.47 Å². The zero-order chi connectivity index (χ0) is 13.5. The Morgan fingerprint density at radius 1 is 1.05 bits per heavy atom. The average Bonchev–Trinajstić information content (AvgIpc) is 2.88. The van der Waals surface area contributed by atoms with Gasteiger partial charge in [-0.2, -0.15) is 9.97 Å². The fourth-order valence-electron chi connectivity index (χ4n) is 1.69. The maximum atomic E-state index is 5.70. The van der Waals surface area contributed by atoms with E-state index in [2.05, 4.69) is 28.8 Å². The van der Waals surface area contributed by atoms with Gasteiger partial charge in [0.15, 0.2) is 0 Å². The first kappa shape index (κ1) is 13.6. The van der Waals surface area contributed by atoms with E-state index < -0.39 is 0 Å². The molecule has 0 fully saturated rings. The fraction of sp³-hybridized carbons (Fsp3) is 0.571. The molecule has 0 saturated carbocycles. The minimum absolute atomic E-state index is 0.395. The number of aromatic nitrogens is 3. The number of ether oxygens (including phenoxy) is 2. The highest BCUT2D eigenvalue weighted by Crippen LogP contribution is 2.23. The van der Waals surface area contributed by atoms with Crippen LogP contribution in [0.5, 0.6) is 11.9 Å². The van der Waals surface area contributed by atoms with Gasteiger partial charge in [0.2, 0.25) is 5.88 Å². The van der Waals surface area contributed by atoms with E-state index in [1.807, 2.05) is 12.3 Å². The van der Waals surface area contributed by atoms with E-state index in [0.717, 1.165) is 36.7 Å². The Morgan fingerprint density at radius 2 is 1.79 bits per heavy atom. The number of H-pyrrole nitrogens is 1. The molecular formula is C14H21N3O2. The molecule has 2 aromatic rings. The molecule has 0 spiro atoms. The number of nitrogens with zero attached hydrogens (tertiary/aromatic N) is 2. The van der Waals surface area contributed by atoms with E-state index in [1.165, 1.54) is 0 Å². The minimum atomic E-state index is 0.395. The molecule has 2 rings (SSSR count). The number of rotatable bonds is 8. The molecule has 0 amide bonds. The second kappa shape index (κ2) is 6.97. The van der Waals surface area contributed by atoms with Crippen LogP contribution >= 0.6 is 0 Å². The van der Waals surface area contributed by atoms with Crippen molar-refractivity contribution in [2.24, 2.45) is 0 Å². The second-order valence-corrected chi connectivity index (χ2v) is 4.45. The van der Waals surface area contributed by atoms with Gasteiger partial charge in [0, 0.05) is 6.20 Å². The summed E-state index contributed by atoms with van der Waals surface area (Å²) in [6, 6.07) is 2.29. The van der Waals surface area contributed by atoms with Gasteiger partial charge in [-0.25, -0.2) is 0 Å². The van der Waals surface area contributed by atoms with Crippen molar-refractivity contribution >= 4 is 11.0 Å². The highest BCUT2D eigenvalue weighted by Gasteiger charge is 2.10. The van der Waals surface area contributed by atoms with Gasteiger partial charge in [0.05, 0.1) is 18.7 Å². The van der Waals surface area contributed by atoms with E-state index in [1.54, 1.807) is 0 Å². The molecule has 19 heavy (non-hydrogen) atoms. The summed E-state index contributed by atoms with van der Waals surface area (Å²) in [5.41, 5.74) is 1.66. The summed E-state index contributed by atoms with van der Waals surface area (Å²) in [7, 11) is 0. The van der Waals surface area contributed by atoms with Crippen LogP contribution in [0.2, 0.25) is 0 Å². The van der Waals surface area contributed by atoms with Crippen LogP contribution in [0.3, 0.4) is 0 Å². The molecule has 0 radical (unpaired) electrons. The van der Waals surface area contributed by atoms with Crippen molar-refractivity contribution in [1.29, 1.82) is 0 Å². The zero-order valence-electron chi connectivity index (χ0n) is 11.6. The molecule has 0 aliphatic rings. The third-order valence-corrected chi connectivity index (χ3v) is 2.82. The molecule has 0 aliphatic carbocycles. The second-order valence-electron chi connectivity index (χ2n) is 4.45. The molecule has 1 N–H and O–H groups in total. The SMILES string of the molecule is CCCCOc1nc(OCCCC)c2[nH]ccc2n1. The first-order valence-electron chi connectivity index (χ1n) is 6.95. The highest BCUT2D eigenvalue weighted by atomic mass is 16.5. The number of nitrogens with one attached hydrogen (secondary N) is 1. The van der Waals surface area contributed by atoms with Crippen LogP contribution in [0.15, 0.2) is 12.3 Å². The van der Waals surface area contributed by atoms with E-state index >= 15 is 0 Å². The molecule has 0 atom stereocenters. The van der Waals surface area contributed by atoms with Crippen LogP contribution in [0.25, 0.3) is 11.0 Å². The largest absolute Gasteiger partial charge is 0.476 e. The summed E-state index contributed by atoms with van der Waals surface area (Å²) < 4.78 is 11.3. The standard InChI is InChI=1S/C14H21N3O2/c1-3-5-9-18-13-12-11(7-8-15-12)16-14(17-13)19-10-6-4-2/h7-8,15H,3-6,9-10H2,1-2H3. The van der Waals surface area contributed by atoms with Gasteiger partial charge in [-0.15, -0.1) is 0 Å². The van der Waals surface area contributed by atoms with Crippen molar-refractivity contribution in [3.05, 3.63) is 12.3 Å². The Bertz CT molecular complexity index is 510. The molecular weight excluding hydrogens is 242 g/mol. The molecule has 5 nitrogen and oxygen atoms in total. The fourth-order valence-corrected chi connectivity index (χ4v) is 1.69. The monoisotopic (exact) mass is 263 g/mol. The van der Waals surface area contributed by atoms with Crippen LogP contribution in [0.1, 0.15) is 39.5 Å². The molecule has 0 bridgehead atoms. The summed E-state index contributed by atoms with van der Waals surface area (Å²) in [5.74, 6) is 0.579. The van der Waals surface area contributed by atoms with Gasteiger partial charge in [-0.1, -0.05) is 26.7 Å². The van der Waals surface area contributed by atoms with Crippen molar-refractivity contribution in [2.75, 3.05) is 13.2 Å². The highest BCUT2D eigenvalue weighted by molar-refractivity contribution is 5.80. The van der Waals surface area contributed by atoms with Crippen molar-refractivity contribution in [1.82, 2.24) is 15.0 Å². The lowest BCUT2D eigenvalue weighted by molar-refractivity contribution is 0.267. The molecule has 0 aromatic carbocycles. The minimum Gasteiger partial charge on any atom is -0.476 e. The van der Waals surface area contributed by atoms with Gasteiger partial charge >= 0.3 is 6.01 Å². The lowest BCUT2D eigenvalue weighted by atomic mass is 10.4. The van der Waals surface area contributed by atoms with E-state index in [0.29, 0.717) is 25.1 Å². The van der Waals surface area contributed by atoms with Crippen molar-refractivity contribution < 1.29 is 9.47 Å². The van der Waals surface area contributed by atoms with E-state index in [-0.39, 0.29) is 0 Å². The predicted octanol–water partition coefficient (Wildman–Crippen LogP) is 3.32. The Morgan fingerprint density at radius 3 is 2.53 bits per heavy atom. The summed E-state index contributed by atoms with van der Waals surface area (Å²) in [5, 5.41) is 0. The first-order valence-corrected chi connectivity index (χ1v) is 6.95. The van der Waals surface area contributed by atoms with Crippen LogP contribution in [0, 0.1) is 0 Å². The van der Waals surface area contributed by atoms with Gasteiger partial charge in [0.1, 0.15) is 5.52 Å². The first-order chi connectivity index (χ1) is 9.35. The average molecular weight is 263 g/mol. The molecule has 2 aromatic heterocycles. The van der Waals surface area contributed by atoms with Crippen LogP contribution in [-0.4, -0.2) is 28.2 Å². The Hall–Kier alpha value is -1.78.